The first-order valence-corrected chi connectivity index (χ1v) is 8.21. The van der Waals surface area contributed by atoms with Crippen molar-refractivity contribution >= 4 is 29.9 Å². The van der Waals surface area contributed by atoms with Crippen molar-refractivity contribution in [3.63, 3.8) is 0 Å². The SMILES string of the molecule is COc1ccc(CNC2=NCCCN2)c(OC2CCCC2)c1.I. The number of guanidine groups is 1. The van der Waals surface area contributed by atoms with Gasteiger partial charge in [0.25, 0.3) is 0 Å². The van der Waals surface area contributed by atoms with E-state index in [0.717, 1.165) is 55.4 Å². The molecule has 1 aromatic rings. The fourth-order valence-electron chi connectivity index (χ4n) is 2.93. The van der Waals surface area contributed by atoms with Crippen LogP contribution >= 0.6 is 24.0 Å². The van der Waals surface area contributed by atoms with Crippen LogP contribution in [-0.2, 0) is 6.54 Å². The molecule has 1 heterocycles. The Labute approximate surface area is 155 Å². The van der Waals surface area contributed by atoms with Gasteiger partial charge in [-0.15, -0.1) is 24.0 Å². The molecule has 1 aliphatic heterocycles. The molecular weight excluding hydrogens is 405 g/mol. The maximum atomic E-state index is 6.21. The van der Waals surface area contributed by atoms with E-state index in [0.29, 0.717) is 12.6 Å². The average Bonchev–Trinajstić information content (AvgIpc) is 3.07. The number of rotatable bonds is 5. The maximum absolute atomic E-state index is 6.21. The largest absolute Gasteiger partial charge is 0.497 e. The highest BCUT2D eigenvalue weighted by Gasteiger charge is 2.18. The van der Waals surface area contributed by atoms with E-state index in [4.69, 9.17) is 9.47 Å². The van der Waals surface area contributed by atoms with Crippen molar-refractivity contribution in [2.45, 2.75) is 44.8 Å². The van der Waals surface area contributed by atoms with Crippen LogP contribution < -0.4 is 20.1 Å². The monoisotopic (exact) mass is 431 g/mol. The normalized spacial score (nSPS) is 17.7. The molecule has 23 heavy (non-hydrogen) atoms. The summed E-state index contributed by atoms with van der Waals surface area (Å²) in [6.07, 6.45) is 6.28. The Hall–Kier alpha value is -1.18. The van der Waals surface area contributed by atoms with Crippen molar-refractivity contribution in [1.82, 2.24) is 10.6 Å². The van der Waals surface area contributed by atoms with Gasteiger partial charge in [0.05, 0.1) is 13.2 Å². The van der Waals surface area contributed by atoms with Gasteiger partial charge in [0, 0.05) is 31.3 Å². The smallest absolute Gasteiger partial charge is 0.191 e. The van der Waals surface area contributed by atoms with E-state index in [9.17, 15) is 0 Å². The predicted octanol–water partition coefficient (Wildman–Crippen LogP) is 3.07. The Kier molecular flexibility index (Phi) is 7.26. The van der Waals surface area contributed by atoms with Crippen molar-refractivity contribution < 1.29 is 9.47 Å². The van der Waals surface area contributed by atoms with E-state index >= 15 is 0 Å². The third-order valence-corrected chi connectivity index (χ3v) is 4.21. The fourth-order valence-corrected chi connectivity index (χ4v) is 2.93. The second kappa shape index (κ2) is 9.20. The molecule has 0 aromatic heterocycles. The molecule has 1 aromatic carbocycles. The van der Waals surface area contributed by atoms with Crippen molar-refractivity contribution in [2.24, 2.45) is 4.99 Å². The van der Waals surface area contributed by atoms with Gasteiger partial charge in [-0.05, 0) is 44.2 Å². The molecule has 6 heteroatoms. The summed E-state index contributed by atoms with van der Waals surface area (Å²) in [6, 6.07) is 6.04. The summed E-state index contributed by atoms with van der Waals surface area (Å²) in [6.45, 7) is 2.58. The van der Waals surface area contributed by atoms with E-state index in [2.05, 4.69) is 21.7 Å². The van der Waals surface area contributed by atoms with Crippen LogP contribution in [0.25, 0.3) is 0 Å². The highest BCUT2D eigenvalue weighted by atomic mass is 127. The Balaban J connectivity index is 0.00000192. The van der Waals surface area contributed by atoms with Crippen LogP contribution in [0.1, 0.15) is 37.7 Å². The standard InChI is InChI=1S/C17H25N3O2.HI/c1-21-15-8-7-13(12-20-17-18-9-4-10-19-17)16(11-15)22-14-5-2-3-6-14;/h7-8,11,14H,2-6,9-10,12H2,1H3,(H2,18,19,20);1H. The molecule has 3 rings (SSSR count). The minimum Gasteiger partial charge on any atom is -0.497 e. The number of benzene rings is 1. The van der Waals surface area contributed by atoms with Gasteiger partial charge in [0.2, 0.25) is 0 Å². The summed E-state index contributed by atoms with van der Waals surface area (Å²) in [5, 5.41) is 6.64. The number of hydrogen-bond donors (Lipinski definition) is 2. The summed E-state index contributed by atoms with van der Waals surface area (Å²) in [5.41, 5.74) is 1.14. The van der Waals surface area contributed by atoms with Crippen molar-refractivity contribution in [3.8, 4) is 11.5 Å². The third kappa shape index (κ3) is 5.16. The van der Waals surface area contributed by atoms with Crippen LogP contribution in [0.5, 0.6) is 11.5 Å². The molecule has 0 amide bonds. The van der Waals surface area contributed by atoms with Gasteiger partial charge >= 0.3 is 0 Å². The van der Waals surface area contributed by atoms with E-state index in [1.807, 2.05) is 12.1 Å². The summed E-state index contributed by atoms with van der Waals surface area (Å²) >= 11 is 0. The van der Waals surface area contributed by atoms with Crippen LogP contribution in [0.2, 0.25) is 0 Å². The van der Waals surface area contributed by atoms with E-state index in [1.54, 1.807) is 7.11 Å². The van der Waals surface area contributed by atoms with E-state index in [-0.39, 0.29) is 24.0 Å². The molecule has 128 valence electrons. The Morgan fingerprint density at radius 1 is 1.26 bits per heavy atom. The predicted molar refractivity (Wildman–Crippen MR) is 103 cm³/mol. The first kappa shape index (κ1) is 18.2. The summed E-state index contributed by atoms with van der Waals surface area (Å²) in [4.78, 5) is 4.44. The molecule has 0 saturated heterocycles. The summed E-state index contributed by atoms with van der Waals surface area (Å²) in [5.74, 6) is 2.65. The number of ether oxygens (including phenoxy) is 2. The molecule has 0 unspecified atom stereocenters. The van der Waals surface area contributed by atoms with Crippen LogP contribution in [-0.4, -0.2) is 32.3 Å². The number of halogens is 1. The quantitative estimate of drug-likeness (QED) is 0.704. The number of aliphatic imine (C=N–C) groups is 1. The summed E-state index contributed by atoms with van der Waals surface area (Å²) < 4.78 is 11.5. The Bertz CT molecular complexity index is 531. The van der Waals surface area contributed by atoms with Crippen LogP contribution in [0.3, 0.4) is 0 Å². The molecule has 5 nitrogen and oxygen atoms in total. The lowest BCUT2D eigenvalue weighted by molar-refractivity contribution is 0.207. The zero-order valence-corrected chi connectivity index (χ0v) is 16.0. The molecular formula is C17H26IN3O2. The Morgan fingerprint density at radius 3 is 2.78 bits per heavy atom. The minimum absolute atomic E-state index is 0. The lowest BCUT2D eigenvalue weighted by Gasteiger charge is -2.20. The third-order valence-electron chi connectivity index (χ3n) is 4.21. The van der Waals surface area contributed by atoms with Crippen LogP contribution in [0.15, 0.2) is 23.2 Å². The number of nitrogens with one attached hydrogen (secondary N) is 2. The average molecular weight is 431 g/mol. The molecule has 2 N–H and O–H groups in total. The van der Waals surface area contributed by atoms with Gasteiger partial charge in [-0.2, -0.15) is 0 Å². The van der Waals surface area contributed by atoms with Crippen molar-refractivity contribution in [3.05, 3.63) is 23.8 Å². The highest BCUT2D eigenvalue weighted by molar-refractivity contribution is 14.0. The molecule has 0 bridgehead atoms. The van der Waals surface area contributed by atoms with Gasteiger partial charge < -0.3 is 20.1 Å². The van der Waals surface area contributed by atoms with Gasteiger partial charge in [0.15, 0.2) is 5.96 Å². The molecule has 1 fully saturated rings. The molecule has 0 atom stereocenters. The second-order valence-electron chi connectivity index (χ2n) is 5.86. The van der Waals surface area contributed by atoms with E-state index < -0.39 is 0 Å². The molecule has 2 aliphatic rings. The number of hydrogen-bond acceptors (Lipinski definition) is 5. The number of nitrogens with zero attached hydrogens (tertiary/aromatic N) is 1. The van der Waals surface area contributed by atoms with Crippen molar-refractivity contribution in [2.75, 3.05) is 20.2 Å². The van der Waals surface area contributed by atoms with Gasteiger partial charge in [0.1, 0.15) is 11.5 Å². The molecule has 0 spiro atoms. The van der Waals surface area contributed by atoms with Crippen LogP contribution in [0.4, 0.5) is 0 Å². The lowest BCUT2D eigenvalue weighted by Crippen LogP contribution is -2.40. The molecule has 1 aliphatic carbocycles. The molecule has 1 saturated carbocycles. The van der Waals surface area contributed by atoms with Crippen molar-refractivity contribution in [1.29, 1.82) is 0 Å². The minimum atomic E-state index is 0. The zero-order chi connectivity index (χ0) is 15.2. The van der Waals surface area contributed by atoms with Gasteiger partial charge in [-0.25, -0.2) is 0 Å². The molecule has 0 radical (unpaired) electrons. The highest BCUT2D eigenvalue weighted by Crippen LogP contribution is 2.29. The first-order valence-electron chi connectivity index (χ1n) is 8.21. The fraction of sp³-hybridized carbons (Fsp3) is 0.588. The zero-order valence-electron chi connectivity index (χ0n) is 13.6. The number of methoxy groups -OCH3 is 1. The van der Waals surface area contributed by atoms with Gasteiger partial charge in [-0.1, -0.05) is 0 Å². The topological polar surface area (TPSA) is 54.9 Å². The van der Waals surface area contributed by atoms with E-state index in [1.165, 1.54) is 12.8 Å². The first-order chi connectivity index (χ1) is 10.8. The Morgan fingerprint density at radius 2 is 2.09 bits per heavy atom. The summed E-state index contributed by atoms with van der Waals surface area (Å²) in [7, 11) is 1.69. The van der Waals surface area contributed by atoms with Gasteiger partial charge in [-0.3, -0.25) is 4.99 Å². The lowest BCUT2D eigenvalue weighted by atomic mass is 10.2. The maximum Gasteiger partial charge on any atom is 0.191 e. The second-order valence-corrected chi connectivity index (χ2v) is 5.86. The van der Waals surface area contributed by atoms with Crippen LogP contribution in [0, 0.1) is 0 Å².